The zero-order valence-corrected chi connectivity index (χ0v) is 21.0. The van der Waals surface area contributed by atoms with Gasteiger partial charge in [0.1, 0.15) is 0 Å². The summed E-state index contributed by atoms with van der Waals surface area (Å²) in [5.41, 5.74) is 1.75. The molecule has 2 N–H and O–H groups in total. The van der Waals surface area contributed by atoms with Crippen LogP contribution in [0.1, 0.15) is 58.3 Å². The summed E-state index contributed by atoms with van der Waals surface area (Å²) in [5.74, 6) is -0.928. The first-order valence-corrected chi connectivity index (χ1v) is 12.7. The lowest BCUT2D eigenvalue weighted by atomic mass is 9.97. The van der Waals surface area contributed by atoms with Crippen molar-refractivity contribution in [2.75, 3.05) is 44.6 Å². The highest BCUT2D eigenvalue weighted by molar-refractivity contribution is 7.15. The second kappa shape index (κ2) is 12.6. The molecule has 10 heteroatoms. The number of amides is 3. The highest BCUT2D eigenvalue weighted by Crippen LogP contribution is 2.21. The molecule has 9 nitrogen and oxygen atoms in total. The third kappa shape index (κ3) is 7.07. The Kier molecular flexibility index (Phi) is 9.52. The first kappa shape index (κ1) is 25.8. The SMILES string of the molecule is CCN(CC)CCCNC(=O)[C@H]1CCCN(C(=O)c2nnc(C(=O)Nc3ccc(C)cc3)s2)C1. The fraction of sp³-hybridized carbons (Fsp3) is 0.542. The summed E-state index contributed by atoms with van der Waals surface area (Å²) in [5, 5.41) is 13.9. The summed E-state index contributed by atoms with van der Waals surface area (Å²) >= 11 is 0.968. The number of benzene rings is 1. The lowest BCUT2D eigenvalue weighted by Gasteiger charge is -2.31. The molecule has 1 aliphatic heterocycles. The van der Waals surface area contributed by atoms with Gasteiger partial charge in [-0.25, -0.2) is 0 Å². The van der Waals surface area contributed by atoms with E-state index in [-0.39, 0.29) is 27.7 Å². The fourth-order valence-corrected chi connectivity index (χ4v) is 4.64. The summed E-state index contributed by atoms with van der Waals surface area (Å²) in [6, 6.07) is 7.42. The molecule has 3 amide bonds. The van der Waals surface area contributed by atoms with Gasteiger partial charge in [-0.15, -0.1) is 10.2 Å². The number of hydrogen-bond acceptors (Lipinski definition) is 7. The van der Waals surface area contributed by atoms with E-state index in [1.807, 2.05) is 31.2 Å². The van der Waals surface area contributed by atoms with Crippen LogP contribution < -0.4 is 10.6 Å². The minimum Gasteiger partial charge on any atom is -0.356 e. The number of carbonyl (C=O) groups is 3. The second-order valence-corrected chi connectivity index (χ2v) is 9.47. The standard InChI is InChI=1S/C24H34N6O3S/c1-4-29(5-2)14-7-13-25-20(31)18-8-6-15-30(16-18)24(33)23-28-27-22(34-23)21(32)26-19-11-9-17(3)10-12-19/h9-12,18H,4-8,13-16H2,1-3H3,(H,25,31)(H,26,32)/t18-/m0/s1. The van der Waals surface area contributed by atoms with Crippen LogP contribution in [0, 0.1) is 12.8 Å². The number of nitrogens with one attached hydrogen (secondary N) is 2. The van der Waals surface area contributed by atoms with E-state index in [9.17, 15) is 14.4 Å². The van der Waals surface area contributed by atoms with Crippen molar-refractivity contribution in [1.82, 2.24) is 25.3 Å². The molecule has 34 heavy (non-hydrogen) atoms. The van der Waals surface area contributed by atoms with Crippen LogP contribution in [0.3, 0.4) is 0 Å². The van der Waals surface area contributed by atoms with E-state index in [2.05, 4.69) is 39.6 Å². The number of anilines is 1. The lowest BCUT2D eigenvalue weighted by Crippen LogP contribution is -2.45. The van der Waals surface area contributed by atoms with Crippen LogP contribution in [0.15, 0.2) is 24.3 Å². The molecule has 0 saturated carbocycles. The maximum absolute atomic E-state index is 13.0. The normalized spacial score (nSPS) is 15.9. The highest BCUT2D eigenvalue weighted by atomic mass is 32.1. The summed E-state index contributed by atoms with van der Waals surface area (Å²) < 4.78 is 0. The number of aryl methyl sites for hydroxylation is 1. The Hall–Kier alpha value is -2.85. The van der Waals surface area contributed by atoms with Crippen molar-refractivity contribution in [3.05, 3.63) is 39.8 Å². The number of aromatic nitrogens is 2. The average molecular weight is 487 g/mol. The molecule has 0 radical (unpaired) electrons. The van der Waals surface area contributed by atoms with Crippen LogP contribution in [-0.2, 0) is 4.79 Å². The number of likely N-dealkylation sites (tertiary alicyclic amines) is 1. The van der Waals surface area contributed by atoms with Crippen LogP contribution >= 0.6 is 11.3 Å². The monoisotopic (exact) mass is 486 g/mol. The summed E-state index contributed by atoms with van der Waals surface area (Å²) in [6.45, 7) is 10.8. The number of carbonyl (C=O) groups excluding carboxylic acids is 3. The van der Waals surface area contributed by atoms with Gasteiger partial charge in [0.2, 0.25) is 15.9 Å². The molecule has 0 spiro atoms. The predicted molar refractivity (Wildman–Crippen MR) is 133 cm³/mol. The van der Waals surface area contributed by atoms with E-state index in [1.54, 1.807) is 4.90 Å². The predicted octanol–water partition coefficient (Wildman–Crippen LogP) is 2.80. The highest BCUT2D eigenvalue weighted by Gasteiger charge is 2.30. The van der Waals surface area contributed by atoms with Crippen molar-refractivity contribution in [3.8, 4) is 0 Å². The van der Waals surface area contributed by atoms with Gasteiger partial charge in [0.25, 0.3) is 11.8 Å². The van der Waals surface area contributed by atoms with Gasteiger partial charge in [-0.3, -0.25) is 14.4 Å². The molecular weight excluding hydrogens is 452 g/mol. The molecule has 1 fully saturated rings. The Balaban J connectivity index is 1.50. The molecule has 1 atom stereocenters. The summed E-state index contributed by atoms with van der Waals surface area (Å²) in [4.78, 5) is 42.0. The van der Waals surface area contributed by atoms with Crippen LogP contribution in [0.5, 0.6) is 0 Å². The Morgan fingerprint density at radius 1 is 1.12 bits per heavy atom. The van der Waals surface area contributed by atoms with E-state index >= 15 is 0 Å². The number of piperidine rings is 1. The molecule has 3 rings (SSSR count). The van der Waals surface area contributed by atoms with Gasteiger partial charge >= 0.3 is 0 Å². The third-order valence-electron chi connectivity index (χ3n) is 6.04. The van der Waals surface area contributed by atoms with Gasteiger partial charge in [-0.1, -0.05) is 42.9 Å². The Bertz CT molecular complexity index is 973. The van der Waals surface area contributed by atoms with Crippen molar-refractivity contribution in [2.45, 2.75) is 40.0 Å². The molecule has 0 aliphatic carbocycles. The van der Waals surface area contributed by atoms with Crippen LogP contribution in [0.4, 0.5) is 5.69 Å². The van der Waals surface area contributed by atoms with Crippen molar-refractivity contribution in [2.24, 2.45) is 5.92 Å². The zero-order valence-electron chi connectivity index (χ0n) is 20.2. The van der Waals surface area contributed by atoms with Crippen molar-refractivity contribution in [1.29, 1.82) is 0 Å². The van der Waals surface area contributed by atoms with Gasteiger partial charge in [-0.05, 0) is 58.0 Å². The first-order chi connectivity index (χ1) is 16.4. The lowest BCUT2D eigenvalue weighted by molar-refractivity contribution is -0.126. The zero-order chi connectivity index (χ0) is 24.5. The van der Waals surface area contributed by atoms with Gasteiger partial charge in [0, 0.05) is 25.3 Å². The molecule has 1 aromatic carbocycles. The van der Waals surface area contributed by atoms with Crippen molar-refractivity contribution < 1.29 is 14.4 Å². The molecular formula is C24H34N6O3S. The van der Waals surface area contributed by atoms with E-state index in [0.29, 0.717) is 25.3 Å². The van der Waals surface area contributed by atoms with E-state index in [1.165, 1.54) is 0 Å². The smallest absolute Gasteiger partial charge is 0.286 e. The average Bonchev–Trinajstić information content (AvgIpc) is 3.35. The largest absolute Gasteiger partial charge is 0.356 e. The van der Waals surface area contributed by atoms with Gasteiger partial charge in [0.15, 0.2) is 0 Å². The van der Waals surface area contributed by atoms with Gasteiger partial charge in [-0.2, -0.15) is 0 Å². The molecule has 2 heterocycles. The van der Waals surface area contributed by atoms with Crippen molar-refractivity contribution >= 4 is 34.7 Å². The minimum absolute atomic E-state index is 0.00697. The van der Waals surface area contributed by atoms with Gasteiger partial charge in [0.05, 0.1) is 5.92 Å². The van der Waals surface area contributed by atoms with E-state index in [4.69, 9.17) is 0 Å². The van der Waals surface area contributed by atoms with Crippen molar-refractivity contribution in [3.63, 3.8) is 0 Å². The number of nitrogens with zero attached hydrogens (tertiary/aromatic N) is 4. The Morgan fingerprint density at radius 3 is 2.53 bits per heavy atom. The number of rotatable bonds is 10. The molecule has 0 bridgehead atoms. The molecule has 2 aromatic rings. The minimum atomic E-state index is -0.402. The summed E-state index contributed by atoms with van der Waals surface area (Å²) in [6.07, 6.45) is 2.41. The summed E-state index contributed by atoms with van der Waals surface area (Å²) in [7, 11) is 0. The molecule has 1 aromatic heterocycles. The van der Waals surface area contributed by atoms with E-state index in [0.717, 1.165) is 55.8 Å². The molecule has 0 unspecified atom stereocenters. The molecule has 1 aliphatic rings. The third-order valence-corrected chi connectivity index (χ3v) is 6.95. The van der Waals surface area contributed by atoms with Crippen LogP contribution in [-0.4, -0.2) is 77.0 Å². The molecule has 1 saturated heterocycles. The maximum Gasteiger partial charge on any atom is 0.286 e. The van der Waals surface area contributed by atoms with Crippen LogP contribution in [0.25, 0.3) is 0 Å². The van der Waals surface area contributed by atoms with E-state index < -0.39 is 5.91 Å². The number of hydrogen-bond donors (Lipinski definition) is 2. The first-order valence-electron chi connectivity index (χ1n) is 11.9. The Morgan fingerprint density at radius 2 is 1.82 bits per heavy atom. The van der Waals surface area contributed by atoms with Crippen LogP contribution in [0.2, 0.25) is 0 Å². The molecule has 184 valence electrons. The Labute approximate surface area is 204 Å². The fourth-order valence-electron chi connectivity index (χ4n) is 3.93. The maximum atomic E-state index is 13.0. The topological polar surface area (TPSA) is 108 Å². The second-order valence-electron chi connectivity index (χ2n) is 8.49. The quantitative estimate of drug-likeness (QED) is 0.500. The van der Waals surface area contributed by atoms with Gasteiger partial charge < -0.3 is 20.4 Å².